The Kier molecular flexibility index (Phi) is 4.40. The maximum atomic E-state index is 4.73. The summed E-state index contributed by atoms with van der Waals surface area (Å²) >= 11 is 0. The standard InChI is InChI=1S/C16H24N2/c1-4-14-9-11-16(12-10-14)18(3)17-13(2)15-7-5-6-8-15/h9-12,15H,4-8H2,1-3H3. The number of hydrogen-bond acceptors (Lipinski definition) is 2. The Morgan fingerprint density at radius 3 is 2.39 bits per heavy atom. The summed E-state index contributed by atoms with van der Waals surface area (Å²) in [7, 11) is 2.04. The molecule has 1 aliphatic carbocycles. The normalized spacial score (nSPS) is 17.2. The maximum absolute atomic E-state index is 4.73. The van der Waals surface area contributed by atoms with Crippen molar-refractivity contribution in [3.8, 4) is 0 Å². The van der Waals surface area contributed by atoms with E-state index in [4.69, 9.17) is 5.10 Å². The zero-order valence-electron chi connectivity index (χ0n) is 11.8. The molecule has 2 heteroatoms. The van der Waals surface area contributed by atoms with Crippen LogP contribution in [-0.4, -0.2) is 12.8 Å². The van der Waals surface area contributed by atoms with E-state index >= 15 is 0 Å². The second kappa shape index (κ2) is 6.03. The molecule has 1 saturated carbocycles. The van der Waals surface area contributed by atoms with Crippen LogP contribution < -0.4 is 5.01 Å². The highest BCUT2D eigenvalue weighted by molar-refractivity contribution is 5.85. The predicted octanol–water partition coefficient (Wildman–Crippen LogP) is 4.25. The molecular weight excluding hydrogens is 220 g/mol. The van der Waals surface area contributed by atoms with Gasteiger partial charge in [-0.15, -0.1) is 0 Å². The maximum Gasteiger partial charge on any atom is 0.0590 e. The van der Waals surface area contributed by atoms with Crippen molar-refractivity contribution in [1.29, 1.82) is 0 Å². The van der Waals surface area contributed by atoms with Crippen LogP contribution in [0.3, 0.4) is 0 Å². The number of hydrogen-bond donors (Lipinski definition) is 0. The number of anilines is 1. The van der Waals surface area contributed by atoms with Gasteiger partial charge < -0.3 is 0 Å². The van der Waals surface area contributed by atoms with Crippen LogP contribution in [0.1, 0.15) is 45.1 Å². The smallest absolute Gasteiger partial charge is 0.0590 e. The van der Waals surface area contributed by atoms with Crippen LogP contribution in [-0.2, 0) is 6.42 Å². The molecule has 0 aromatic heterocycles. The highest BCUT2D eigenvalue weighted by atomic mass is 15.4. The van der Waals surface area contributed by atoms with Crippen molar-refractivity contribution in [3.05, 3.63) is 29.8 Å². The molecule has 0 radical (unpaired) electrons. The summed E-state index contributed by atoms with van der Waals surface area (Å²) in [5.41, 5.74) is 3.84. The fraction of sp³-hybridized carbons (Fsp3) is 0.562. The molecule has 0 bridgehead atoms. The highest BCUT2D eigenvalue weighted by Gasteiger charge is 2.18. The molecule has 0 aliphatic heterocycles. The number of aryl methyl sites for hydroxylation is 1. The van der Waals surface area contributed by atoms with Crippen LogP contribution in [0.4, 0.5) is 5.69 Å². The molecular formula is C16H24N2. The summed E-state index contributed by atoms with van der Waals surface area (Å²) in [6.07, 6.45) is 6.46. The summed E-state index contributed by atoms with van der Waals surface area (Å²) in [5.74, 6) is 0.711. The van der Waals surface area contributed by atoms with Gasteiger partial charge in [-0.05, 0) is 49.8 Å². The van der Waals surface area contributed by atoms with Crippen LogP contribution in [0.15, 0.2) is 29.4 Å². The molecule has 1 fully saturated rings. The molecule has 0 heterocycles. The Bertz CT molecular complexity index is 400. The van der Waals surface area contributed by atoms with Crippen molar-refractivity contribution in [2.45, 2.75) is 46.0 Å². The van der Waals surface area contributed by atoms with Gasteiger partial charge in [0, 0.05) is 12.8 Å². The minimum atomic E-state index is 0.711. The average Bonchev–Trinajstić information content (AvgIpc) is 2.92. The molecule has 2 rings (SSSR count). The Morgan fingerprint density at radius 2 is 1.83 bits per heavy atom. The molecule has 0 amide bonds. The van der Waals surface area contributed by atoms with E-state index in [1.54, 1.807) is 0 Å². The van der Waals surface area contributed by atoms with Crippen molar-refractivity contribution in [3.63, 3.8) is 0 Å². The third kappa shape index (κ3) is 3.12. The van der Waals surface area contributed by atoms with Gasteiger partial charge in [-0.2, -0.15) is 5.10 Å². The van der Waals surface area contributed by atoms with E-state index in [2.05, 4.69) is 38.1 Å². The van der Waals surface area contributed by atoms with E-state index in [9.17, 15) is 0 Å². The molecule has 0 saturated heterocycles. The van der Waals surface area contributed by atoms with Crippen molar-refractivity contribution in [1.82, 2.24) is 0 Å². The quantitative estimate of drug-likeness (QED) is 0.571. The zero-order valence-corrected chi connectivity index (χ0v) is 11.8. The van der Waals surface area contributed by atoms with Crippen LogP contribution in [0, 0.1) is 5.92 Å². The van der Waals surface area contributed by atoms with Gasteiger partial charge in [0.1, 0.15) is 0 Å². The molecule has 2 nitrogen and oxygen atoms in total. The van der Waals surface area contributed by atoms with Crippen molar-refractivity contribution < 1.29 is 0 Å². The zero-order chi connectivity index (χ0) is 13.0. The Morgan fingerprint density at radius 1 is 1.22 bits per heavy atom. The van der Waals surface area contributed by atoms with E-state index in [-0.39, 0.29) is 0 Å². The monoisotopic (exact) mass is 244 g/mol. The molecule has 0 N–H and O–H groups in total. The lowest BCUT2D eigenvalue weighted by atomic mass is 10.0. The number of nitrogens with zero attached hydrogens (tertiary/aromatic N) is 2. The van der Waals surface area contributed by atoms with Gasteiger partial charge >= 0.3 is 0 Å². The van der Waals surface area contributed by atoms with Gasteiger partial charge in [0.05, 0.1) is 5.69 Å². The lowest BCUT2D eigenvalue weighted by Crippen LogP contribution is -2.16. The molecule has 0 spiro atoms. The summed E-state index contributed by atoms with van der Waals surface area (Å²) in [6, 6.07) is 8.69. The van der Waals surface area contributed by atoms with Gasteiger partial charge in [0.25, 0.3) is 0 Å². The molecule has 1 aromatic carbocycles. The van der Waals surface area contributed by atoms with E-state index in [1.807, 2.05) is 12.1 Å². The fourth-order valence-corrected chi connectivity index (χ4v) is 2.67. The van der Waals surface area contributed by atoms with Gasteiger partial charge in [-0.1, -0.05) is 31.9 Å². The first-order chi connectivity index (χ1) is 8.70. The van der Waals surface area contributed by atoms with E-state index in [0.29, 0.717) is 5.92 Å². The molecule has 0 atom stereocenters. The first kappa shape index (κ1) is 13.1. The Hall–Kier alpha value is -1.31. The molecule has 1 aromatic rings. The number of benzene rings is 1. The van der Waals surface area contributed by atoms with Crippen LogP contribution in [0.25, 0.3) is 0 Å². The largest absolute Gasteiger partial charge is 0.269 e. The molecule has 18 heavy (non-hydrogen) atoms. The Labute approximate surface area is 111 Å². The minimum absolute atomic E-state index is 0.711. The fourth-order valence-electron chi connectivity index (χ4n) is 2.67. The third-order valence-corrected chi connectivity index (χ3v) is 3.97. The first-order valence-corrected chi connectivity index (χ1v) is 7.08. The van der Waals surface area contributed by atoms with Gasteiger partial charge in [-0.25, -0.2) is 0 Å². The van der Waals surface area contributed by atoms with Gasteiger partial charge in [-0.3, -0.25) is 5.01 Å². The van der Waals surface area contributed by atoms with Crippen molar-refractivity contribution >= 4 is 11.4 Å². The summed E-state index contributed by atoms with van der Waals surface area (Å²) < 4.78 is 0. The summed E-state index contributed by atoms with van der Waals surface area (Å²) in [4.78, 5) is 0. The summed E-state index contributed by atoms with van der Waals surface area (Å²) in [5, 5.41) is 6.74. The number of hydrazone groups is 1. The third-order valence-electron chi connectivity index (χ3n) is 3.97. The SMILES string of the molecule is CCc1ccc(N(C)N=C(C)C2CCCC2)cc1. The predicted molar refractivity (Wildman–Crippen MR) is 79.3 cm³/mol. The van der Waals surface area contributed by atoms with Crippen LogP contribution in [0.5, 0.6) is 0 Å². The van der Waals surface area contributed by atoms with E-state index in [0.717, 1.165) is 6.42 Å². The second-order valence-electron chi connectivity index (χ2n) is 5.27. The van der Waals surface area contributed by atoms with Crippen molar-refractivity contribution in [2.24, 2.45) is 11.0 Å². The second-order valence-corrected chi connectivity index (χ2v) is 5.27. The van der Waals surface area contributed by atoms with Gasteiger partial charge in [0.2, 0.25) is 0 Å². The van der Waals surface area contributed by atoms with Crippen LogP contribution in [0.2, 0.25) is 0 Å². The highest BCUT2D eigenvalue weighted by Crippen LogP contribution is 2.26. The Balaban J connectivity index is 2.05. The molecule has 0 unspecified atom stereocenters. The first-order valence-electron chi connectivity index (χ1n) is 7.08. The topological polar surface area (TPSA) is 15.6 Å². The number of rotatable bonds is 4. The average molecular weight is 244 g/mol. The molecule has 1 aliphatic rings. The summed E-state index contributed by atoms with van der Waals surface area (Å²) in [6.45, 7) is 4.36. The lowest BCUT2D eigenvalue weighted by molar-refractivity contribution is 0.718. The van der Waals surface area contributed by atoms with E-state index in [1.165, 1.54) is 42.6 Å². The molecule has 98 valence electrons. The van der Waals surface area contributed by atoms with Crippen molar-refractivity contribution in [2.75, 3.05) is 12.1 Å². The minimum Gasteiger partial charge on any atom is -0.269 e. The van der Waals surface area contributed by atoms with E-state index < -0.39 is 0 Å². The van der Waals surface area contributed by atoms with Crippen LogP contribution >= 0.6 is 0 Å². The lowest BCUT2D eigenvalue weighted by Gasteiger charge is -2.17. The van der Waals surface area contributed by atoms with Gasteiger partial charge in [0.15, 0.2) is 0 Å².